The third-order valence-corrected chi connectivity index (χ3v) is 3.70. The first-order valence-corrected chi connectivity index (χ1v) is 6.64. The van der Waals surface area contributed by atoms with Gasteiger partial charge in [0.05, 0.1) is 10.6 Å². The summed E-state index contributed by atoms with van der Waals surface area (Å²) in [6, 6.07) is 4.11. The Morgan fingerprint density at radius 3 is 2.81 bits per heavy atom. The SMILES string of the molecule is Cl.NC1(c2noc(COc3ccc(F)c(Cl)c3)n2)CCC1. The third-order valence-electron chi connectivity index (χ3n) is 3.41. The molecule has 0 aliphatic heterocycles. The van der Waals surface area contributed by atoms with Crippen molar-refractivity contribution in [2.75, 3.05) is 0 Å². The van der Waals surface area contributed by atoms with Crippen molar-refractivity contribution in [2.24, 2.45) is 5.73 Å². The molecule has 3 rings (SSSR count). The van der Waals surface area contributed by atoms with Crippen LogP contribution in [0.25, 0.3) is 0 Å². The second-order valence-corrected chi connectivity index (χ2v) is 5.29. The van der Waals surface area contributed by atoms with Crippen LogP contribution in [0.3, 0.4) is 0 Å². The van der Waals surface area contributed by atoms with Gasteiger partial charge in [-0.3, -0.25) is 0 Å². The minimum absolute atomic E-state index is 0. The lowest BCUT2D eigenvalue weighted by molar-refractivity contribution is 0.223. The van der Waals surface area contributed by atoms with E-state index in [0.29, 0.717) is 17.5 Å². The Labute approximate surface area is 132 Å². The van der Waals surface area contributed by atoms with Crippen molar-refractivity contribution in [3.05, 3.63) is 40.8 Å². The van der Waals surface area contributed by atoms with Gasteiger partial charge >= 0.3 is 0 Å². The fourth-order valence-electron chi connectivity index (χ4n) is 2.01. The first-order chi connectivity index (χ1) is 9.57. The topological polar surface area (TPSA) is 74.2 Å². The van der Waals surface area contributed by atoms with Crippen molar-refractivity contribution < 1.29 is 13.7 Å². The van der Waals surface area contributed by atoms with Gasteiger partial charge in [0.2, 0.25) is 0 Å². The average Bonchev–Trinajstić information content (AvgIpc) is 2.86. The number of rotatable bonds is 4. The zero-order valence-corrected chi connectivity index (χ0v) is 12.6. The molecule has 1 aromatic carbocycles. The van der Waals surface area contributed by atoms with Crippen LogP contribution in [0.5, 0.6) is 5.75 Å². The smallest absolute Gasteiger partial charge is 0.264 e. The van der Waals surface area contributed by atoms with E-state index in [2.05, 4.69) is 10.1 Å². The highest BCUT2D eigenvalue weighted by molar-refractivity contribution is 6.30. The molecule has 0 atom stereocenters. The van der Waals surface area contributed by atoms with E-state index in [-0.39, 0.29) is 24.0 Å². The van der Waals surface area contributed by atoms with E-state index >= 15 is 0 Å². The Bertz CT molecular complexity index is 632. The molecule has 1 aliphatic rings. The number of ether oxygens (including phenoxy) is 1. The molecule has 21 heavy (non-hydrogen) atoms. The van der Waals surface area contributed by atoms with Gasteiger partial charge in [-0.05, 0) is 31.4 Å². The first kappa shape index (κ1) is 16.0. The van der Waals surface area contributed by atoms with Gasteiger partial charge in [0.1, 0.15) is 11.6 Å². The molecule has 114 valence electrons. The lowest BCUT2D eigenvalue weighted by Crippen LogP contribution is -2.44. The second-order valence-electron chi connectivity index (χ2n) is 4.89. The van der Waals surface area contributed by atoms with Crippen LogP contribution in [-0.2, 0) is 12.1 Å². The summed E-state index contributed by atoms with van der Waals surface area (Å²) in [5.41, 5.74) is 5.64. The van der Waals surface area contributed by atoms with E-state index in [1.807, 2.05) is 0 Å². The van der Waals surface area contributed by atoms with Crippen LogP contribution >= 0.6 is 24.0 Å². The summed E-state index contributed by atoms with van der Waals surface area (Å²) >= 11 is 5.66. The number of hydrogen-bond donors (Lipinski definition) is 1. The van der Waals surface area contributed by atoms with Crippen molar-refractivity contribution in [3.8, 4) is 5.75 Å². The summed E-state index contributed by atoms with van der Waals surface area (Å²) in [5, 5.41) is 3.88. The molecule has 0 saturated heterocycles. The Balaban J connectivity index is 0.00000161. The van der Waals surface area contributed by atoms with Gasteiger partial charge in [-0.2, -0.15) is 4.98 Å². The summed E-state index contributed by atoms with van der Waals surface area (Å²) in [5.74, 6) is 0.785. The maximum Gasteiger partial charge on any atom is 0.264 e. The third kappa shape index (κ3) is 3.28. The van der Waals surface area contributed by atoms with E-state index in [1.54, 1.807) is 0 Å². The molecule has 0 bridgehead atoms. The summed E-state index contributed by atoms with van der Waals surface area (Å²) in [7, 11) is 0. The largest absolute Gasteiger partial charge is 0.484 e. The summed E-state index contributed by atoms with van der Waals surface area (Å²) in [6.07, 6.45) is 2.80. The van der Waals surface area contributed by atoms with Crippen LogP contribution < -0.4 is 10.5 Å². The fraction of sp³-hybridized carbons (Fsp3) is 0.385. The predicted octanol–water partition coefficient (Wildman–Crippen LogP) is 3.20. The van der Waals surface area contributed by atoms with Gasteiger partial charge in [-0.15, -0.1) is 12.4 Å². The summed E-state index contributed by atoms with van der Waals surface area (Å²) in [6.45, 7) is 0.0883. The zero-order valence-electron chi connectivity index (χ0n) is 11.0. The first-order valence-electron chi connectivity index (χ1n) is 6.27. The minimum Gasteiger partial charge on any atom is -0.484 e. The van der Waals surface area contributed by atoms with Crippen molar-refractivity contribution in [1.82, 2.24) is 10.1 Å². The van der Waals surface area contributed by atoms with Crippen LogP contribution in [-0.4, -0.2) is 10.1 Å². The van der Waals surface area contributed by atoms with Crippen molar-refractivity contribution in [3.63, 3.8) is 0 Å². The molecule has 2 aromatic rings. The summed E-state index contributed by atoms with van der Waals surface area (Å²) < 4.78 is 23.5. The molecular formula is C13H14Cl2FN3O2. The van der Waals surface area contributed by atoms with Gasteiger partial charge in [-0.1, -0.05) is 16.8 Å². The molecule has 5 nitrogen and oxygen atoms in total. The molecular weight excluding hydrogens is 320 g/mol. The van der Waals surface area contributed by atoms with E-state index in [4.69, 9.17) is 26.6 Å². The zero-order chi connectivity index (χ0) is 14.2. The minimum atomic E-state index is -0.492. The van der Waals surface area contributed by atoms with Crippen LogP contribution in [0.4, 0.5) is 4.39 Å². The molecule has 1 aromatic heterocycles. The standard InChI is InChI=1S/C13H13ClFN3O2.ClH/c14-9-6-8(2-3-10(9)15)19-7-11-17-12(18-20-11)13(16)4-1-5-13;/h2-3,6H,1,4-5,7,16H2;1H. The van der Waals surface area contributed by atoms with Crippen LogP contribution in [0.1, 0.15) is 31.0 Å². The van der Waals surface area contributed by atoms with E-state index in [0.717, 1.165) is 19.3 Å². The van der Waals surface area contributed by atoms with Crippen molar-refractivity contribution in [1.29, 1.82) is 0 Å². The van der Waals surface area contributed by atoms with Gasteiger partial charge in [0.25, 0.3) is 5.89 Å². The van der Waals surface area contributed by atoms with Crippen LogP contribution in [0, 0.1) is 5.82 Å². The Hall–Kier alpha value is -1.37. The van der Waals surface area contributed by atoms with Gasteiger partial charge in [-0.25, -0.2) is 4.39 Å². The number of halogens is 3. The van der Waals surface area contributed by atoms with Crippen LogP contribution in [0.15, 0.2) is 22.7 Å². The molecule has 0 spiro atoms. The summed E-state index contributed by atoms with van der Waals surface area (Å²) in [4.78, 5) is 4.22. The molecule has 0 amide bonds. The molecule has 1 heterocycles. The Morgan fingerprint density at radius 2 is 2.19 bits per heavy atom. The lowest BCUT2D eigenvalue weighted by Gasteiger charge is -2.34. The highest BCUT2D eigenvalue weighted by atomic mass is 35.5. The maximum atomic E-state index is 13.0. The molecule has 1 aliphatic carbocycles. The molecule has 0 radical (unpaired) electrons. The molecule has 1 fully saturated rings. The van der Waals surface area contributed by atoms with Gasteiger partial charge in [0, 0.05) is 6.07 Å². The lowest BCUT2D eigenvalue weighted by atomic mass is 9.77. The van der Waals surface area contributed by atoms with Gasteiger partial charge < -0.3 is 15.0 Å². The van der Waals surface area contributed by atoms with Crippen LogP contribution in [0.2, 0.25) is 5.02 Å². The fourth-order valence-corrected chi connectivity index (χ4v) is 2.18. The molecule has 1 saturated carbocycles. The Morgan fingerprint density at radius 1 is 1.43 bits per heavy atom. The average molecular weight is 334 g/mol. The maximum absolute atomic E-state index is 13.0. The van der Waals surface area contributed by atoms with E-state index in [9.17, 15) is 4.39 Å². The van der Waals surface area contributed by atoms with Crippen molar-refractivity contribution >= 4 is 24.0 Å². The number of benzene rings is 1. The normalized spacial score (nSPS) is 16.0. The number of nitrogens with zero attached hydrogens (tertiary/aromatic N) is 2. The number of nitrogens with two attached hydrogens (primary N) is 1. The monoisotopic (exact) mass is 333 g/mol. The highest BCUT2D eigenvalue weighted by Gasteiger charge is 2.38. The molecule has 0 unspecified atom stereocenters. The highest BCUT2D eigenvalue weighted by Crippen LogP contribution is 2.36. The quantitative estimate of drug-likeness (QED) is 0.929. The number of aromatic nitrogens is 2. The molecule has 8 heteroatoms. The van der Waals surface area contributed by atoms with Gasteiger partial charge in [0.15, 0.2) is 12.4 Å². The molecule has 2 N–H and O–H groups in total. The van der Waals surface area contributed by atoms with E-state index in [1.165, 1.54) is 18.2 Å². The van der Waals surface area contributed by atoms with E-state index < -0.39 is 11.4 Å². The Kier molecular flexibility index (Phi) is 4.70. The van der Waals surface area contributed by atoms with Crippen molar-refractivity contribution in [2.45, 2.75) is 31.4 Å². The number of hydrogen-bond acceptors (Lipinski definition) is 5. The predicted molar refractivity (Wildman–Crippen MR) is 77.0 cm³/mol. The second kappa shape index (κ2) is 6.17.